The molecule has 0 aliphatic heterocycles. The summed E-state index contributed by atoms with van der Waals surface area (Å²) in [5.41, 5.74) is 2.29. The molecule has 0 unspecified atom stereocenters. The zero-order valence-corrected chi connectivity index (χ0v) is 9.83. The van der Waals surface area contributed by atoms with Crippen LogP contribution < -0.4 is 0 Å². The quantitative estimate of drug-likeness (QED) is 0.827. The maximum Gasteiger partial charge on any atom is 0.339 e. The Morgan fingerprint density at radius 1 is 1.31 bits per heavy atom. The van der Waals surface area contributed by atoms with Crippen LogP contribution in [0, 0.1) is 20.8 Å². The van der Waals surface area contributed by atoms with Crippen molar-refractivity contribution in [3.05, 3.63) is 27.7 Å². The van der Waals surface area contributed by atoms with Crippen molar-refractivity contribution in [1.29, 1.82) is 0 Å². The fourth-order valence-corrected chi connectivity index (χ4v) is 1.88. The van der Waals surface area contributed by atoms with Crippen LogP contribution >= 0.6 is 11.6 Å². The van der Waals surface area contributed by atoms with E-state index in [9.17, 15) is 4.79 Å². The summed E-state index contributed by atoms with van der Waals surface area (Å²) < 4.78 is 1.47. The van der Waals surface area contributed by atoms with Crippen molar-refractivity contribution in [3.8, 4) is 0 Å². The second-order valence-electron chi connectivity index (χ2n) is 3.60. The molecule has 0 atom stereocenters. The molecule has 0 amide bonds. The van der Waals surface area contributed by atoms with Gasteiger partial charge in [-0.05, 0) is 20.8 Å². The number of carboxylic acid groups (broad SMARTS) is 1. The van der Waals surface area contributed by atoms with Gasteiger partial charge in [0, 0.05) is 0 Å². The summed E-state index contributed by atoms with van der Waals surface area (Å²) >= 11 is 6.02. The number of nitrogens with zero attached hydrogens (tertiary/aromatic N) is 3. The third kappa shape index (κ3) is 1.36. The molecule has 0 aliphatic carbocycles. The van der Waals surface area contributed by atoms with Gasteiger partial charge in [0.25, 0.3) is 0 Å². The molecule has 1 N–H and O–H groups in total. The zero-order valence-electron chi connectivity index (χ0n) is 9.08. The van der Waals surface area contributed by atoms with Gasteiger partial charge in [-0.25, -0.2) is 14.3 Å². The van der Waals surface area contributed by atoms with Crippen LogP contribution in [0.5, 0.6) is 0 Å². The maximum absolute atomic E-state index is 11.1. The van der Waals surface area contributed by atoms with Gasteiger partial charge in [-0.3, -0.25) is 0 Å². The van der Waals surface area contributed by atoms with E-state index in [1.54, 1.807) is 20.8 Å². The van der Waals surface area contributed by atoms with Gasteiger partial charge in [0.05, 0.1) is 17.1 Å². The normalized spacial score (nSPS) is 11.0. The molecule has 0 aromatic carbocycles. The number of carbonyl (C=O) groups is 1. The molecule has 16 heavy (non-hydrogen) atoms. The van der Waals surface area contributed by atoms with Gasteiger partial charge in [0.15, 0.2) is 5.65 Å². The van der Waals surface area contributed by atoms with E-state index >= 15 is 0 Å². The van der Waals surface area contributed by atoms with Crippen LogP contribution in [0.2, 0.25) is 5.02 Å². The van der Waals surface area contributed by atoms with Crippen LogP contribution in [-0.2, 0) is 0 Å². The van der Waals surface area contributed by atoms with Crippen LogP contribution in [0.15, 0.2) is 0 Å². The Morgan fingerprint density at radius 2 is 1.94 bits per heavy atom. The smallest absolute Gasteiger partial charge is 0.339 e. The van der Waals surface area contributed by atoms with Crippen LogP contribution in [0.25, 0.3) is 5.65 Å². The summed E-state index contributed by atoms with van der Waals surface area (Å²) in [5.74, 6) is -1.01. The first-order chi connectivity index (χ1) is 7.43. The Hall–Kier alpha value is -1.62. The maximum atomic E-state index is 11.1. The highest BCUT2D eigenvalue weighted by atomic mass is 35.5. The van der Waals surface area contributed by atoms with Gasteiger partial charge < -0.3 is 5.11 Å². The lowest BCUT2D eigenvalue weighted by atomic mass is 10.2. The number of aromatic carboxylic acids is 1. The fourth-order valence-electron chi connectivity index (χ4n) is 1.72. The topological polar surface area (TPSA) is 67.5 Å². The standard InChI is InChI=1S/C10H10ClN3O2/c1-4-7(10(15)16)6(3)14-9(12-4)8(11)5(2)13-14/h1-3H3,(H,15,16). The number of hydrogen-bond acceptors (Lipinski definition) is 3. The van der Waals surface area contributed by atoms with Crippen molar-refractivity contribution in [1.82, 2.24) is 14.6 Å². The zero-order chi connectivity index (χ0) is 12.0. The molecule has 0 saturated carbocycles. The Kier molecular flexibility index (Phi) is 2.35. The van der Waals surface area contributed by atoms with Gasteiger partial charge in [-0.1, -0.05) is 11.6 Å². The predicted molar refractivity (Wildman–Crippen MR) is 59.2 cm³/mol. The molecule has 5 nitrogen and oxygen atoms in total. The number of halogens is 1. The van der Waals surface area contributed by atoms with Gasteiger partial charge in [0.2, 0.25) is 0 Å². The fraction of sp³-hybridized carbons (Fsp3) is 0.300. The molecule has 0 bridgehead atoms. The van der Waals surface area contributed by atoms with Crippen LogP contribution in [0.3, 0.4) is 0 Å². The molecule has 0 spiro atoms. The van der Waals surface area contributed by atoms with Crippen molar-refractivity contribution < 1.29 is 9.90 Å². The Morgan fingerprint density at radius 3 is 2.50 bits per heavy atom. The summed E-state index contributed by atoms with van der Waals surface area (Å²) in [7, 11) is 0. The van der Waals surface area contributed by atoms with Gasteiger partial charge in [-0.2, -0.15) is 5.10 Å². The molecule has 2 aromatic rings. The second-order valence-corrected chi connectivity index (χ2v) is 3.98. The van der Waals surface area contributed by atoms with Crippen molar-refractivity contribution in [3.63, 3.8) is 0 Å². The lowest BCUT2D eigenvalue weighted by Gasteiger charge is -2.06. The van der Waals surface area contributed by atoms with E-state index in [1.165, 1.54) is 4.52 Å². The third-order valence-corrected chi connectivity index (χ3v) is 2.94. The predicted octanol–water partition coefficient (Wildman–Crippen LogP) is 2.01. The van der Waals surface area contributed by atoms with Gasteiger partial charge in [0.1, 0.15) is 10.6 Å². The van der Waals surface area contributed by atoms with Crippen LogP contribution in [-0.4, -0.2) is 25.7 Å². The minimum atomic E-state index is -1.01. The van der Waals surface area contributed by atoms with E-state index in [4.69, 9.17) is 16.7 Å². The van der Waals surface area contributed by atoms with Gasteiger partial charge in [-0.15, -0.1) is 0 Å². The molecule has 0 fully saturated rings. The van der Waals surface area contributed by atoms with E-state index in [-0.39, 0.29) is 5.56 Å². The average molecular weight is 240 g/mol. The number of aromatic nitrogens is 3. The van der Waals surface area contributed by atoms with Crippen molar-refractivity contribution >= 4 is 23.2 Å². The third-order valence-electron chi connectivity index (χ3n) is 2.49. The van der Waals surface area contributed by atoms with Crippen LogP contribution in [0.4, 0.5) is 0 Å². The van der Waals surface area contributed by atoms with E-state index in [2.05, 4.69) is 10.1 Å². The number of fused-ring (bicyclic) bond motifs is 1. The van der Waals surface area contributed by atoms with Gasteiger partial charge >= 0.3 is 5.97 Å². The van der Waals surface area contributed by atoms with Crippen LogP contribution in [0.1, 0.15) is 27.4 Å². The first-order valence-electron chi connectivity index (χ1n) is 4.68. The highest BCUT2D eigenvalue weighted by Gasteiger charge is 2.19. The second kappa shape index (κ2) is 3.45. The highest BCUT2D eigenvalue weighted by Crippen LogP contribution is 2.23. The molecular weight excluding hydrogens is 230 g/mol. The van der Waals surface area contributed by atoms with Crippen molar-refractivity contribution in [2.75, 3.05) is 0 Å². The Balaban J connectivity index is 2.94. The van der Waals surface area contributed by atoms with E-state index in [1.807, 2.05) is 0 Å². The lowest BCUT2D eigenvalue weighted by Crippen LogP contribution is -2.10. The van der Waals surface area contributed by atoms with Crippen molar-refractivity contribution in [2.24, 2.45) is 0 Å². The van der Waals surface area contributed by atoms with E-state index in [0.717, 1.165) is 0 Å². The lowest BCUT2D eigenvalue weighted by molar-refractivity contribution is 0.0694. The summed E-state index contributed by atoms with van der Waals surface area (Å²) in [6.07, 6.45) is 0. The number of rotatable bonds is 1. The monoisotopic (exact) mass is 239 g/mol. The molecule has 2 rings (SSSR count). The molecule has 0 aliphatic rings. The molecule has 2 aromatic heterocycles. The first kappa shape index (κ1) is 10.9. The minimum Gasteiger partial charge on any atom is -0.478 e. The van der Waals surface area contributed by atoms with E-state index in [0.29, 0.717) is 27.8 Å². The Labute approximate surface area is 96.7 Å². The summed E-state index contributed by atoms with van der Waals surface area (Å²) in [5, 5.41) is 13.7. The highest BCUT2D eigenvalue weighted by molar-refractivity contribution is 6.34. The van der Waals surface area contributed by atoms with E-state index < -0.39 is 5.97 Å². The molecule has 0 radical (unpaired) electrons. The molecule has 6 heteroatoms. The molecule has 0 saturated heterocycles. The molecular formula is C10H10ClN3O2. The number of hydrogen-bond donors (Lipinski definition) is 1. The number of carboxylic acids is 1. The molecule has 2 heterocycles. The minimum absolute atomic E-state index is 0.173. The largest absolute Gasteiger partial charge is 0.478 e. The summed E-state index contributed by atoms with van der Waals surface area (Å²) in [6.45, 7) is 5.09. The summed E-state index contributed by atoms with van der Waals surface area (Å²) in [6, 6.07) is 0. The SMILES string of the molecule is Cc1nc2c(Cl)c(C)nn2c(C)c1C(=O)O. The molecule has 84 valence electrons. The average Bonchev–Trinajstić information content (AvgIpc) is 2.45. The Bertz CT molecular complexity index is 604. The first-order valence-corrected chi connectivity index (χ1v) is 5.06. The summed E-state index contributed by atoms with van der Waals surface area (Å²) in [4.78, 5) is 15.2. The van der Waals surface area contributed by atoms with Crippen molar-refractivity contribution in [2.45, 2.75) is 20.8 Å². The number of aryl methyl sites for hydroxylation is 3.